The minimum absolute atomic E-state index is 0.0745. The molecule has 1 fully saturated rings. The Kier molecular flexibility index (Phi) is 7.68. The van der Waals surface area contributed by atoms with Gasteiger partial charge >= 0.3 is 0 Å². The molecule has 4 rings (SSSR count). The fourth-order valence-electron chi connectivity index (χ4n) is 3.49. The number of nitrogens with one attached hydrogen (secondary N) is 2. The summed E-state index contributed by atoms with van der Waals surface area (Å²) >= 11 is 1.45. The van der Waals surface area contributed by atoms with Crippen molar-refractivity contribution in [2.45, 2.75) is 43.7 Å². The van der Waals surface area contributed by atoms with Crippen LogP contribution in [0.4, 0.5) is 0 Å². The van der Waals surface area contributed by atoms with E-state index in [0.717, 1.165) is 23.8 Å². The number of aromatic amines is 1. The van der Waals surface area contributed by atoms with Crippen LogP contribution < -0.4 is 15.6 Å². The Morgan fingerprint density at radius 2 is 2.12 bits per heavy atom. The van der Waals surface area contributed by atoms with Gasteiger partial charge in [-0.1, -0.05) is 24.6 Å². The average molecular weight is 466 g/mol. The van der Waals surface area contributed by atoms with Crippen molar-refractivity contribution in [1.82, 2.24) is 19.9 Å². The summed E-state index contributed by atoms with van der Waals surface area (Å²) in [5, 5.41) is 11.9. The summed E-state index contributed by atoms with van der Waals surface area (Å²) in [5.41, 5.74) is 1.63. The number of hydrogen-bond acceptors (Lipinski definition) is 6. The Morgan fingerprint density at radius 3 is 2.88 bits per heavy atom. The lowest BCUT2D eigenvalue weighted by Crippen LogP contribution is -2.24. The molecule has 1 saturated carbocycles. The Labute approximate surface area is 196 Å². The minimum atomic E-state index is -0.163. The van der Waals surface area contributed by atoms with Gasteiger partial charge < -0.3 is 15.0 Å². The zero-order chi connectivity index (χ0) is 23.0. The minimum Gasteiger partial charge on any atom is -0.494 e. The van der Waals surface area contributed by atoms with Crippen LogP contribution in [-0.4, -0.2) is 39.3 Å². The standard InChI is InChI=1S/C24H27N5O3S/c25-12-2-13-26-21(30)3-1-16-33-24-28-20-10-14-27-22(20)23(31)29(24)18-6-8-19(9-7-18)32-15-11-17-4-5-17/h6-10,14,17,27H,1-5,11,13,15-16H2,(H,26,30). The topological polar surface area (TPSA) is 113 Å². The van der Waals surface area contributed by atoms with Crippen LogP contribution in [0.3, 0.4) is 0 Å². The van der Waals surface area contributed by atoms with Gasteiger partial charge in [0.15, 0.2) is 5.16 Å². The average Bonchev–Trinajstić information content (AvgIpc) is 3.52. The van der Waals surface area contributed by atoms with Gasteiger partial charge in [-0.05, 0) is 49.1 Å². The van der Waals surface area contributed by atoms with E-state index in [1.807, 2.05) is 30.3 Å². The van der Waals surface area contributed by atoms with E-state index in [-0.39, 0.29) is 11.5 Å². The van der Waals surface area contributed by atoms with E-state index >= 15 is 0 Å². The molecule has 1 amide bonds. The summed E-state index contributed by atoms with van der Waals surface area (Å²) in [6.07, 6.45) is 6.72. The molecule has 2 N–H and O–H groups in total. The molecule has 0 bridgehead atoms. The predicted octanol–water partition coefficient (Wildman–Crippen LogP) is 3.79. The fourth-order valence-corrected chi connectivity index (χ4v) is 4.44. The third-order valence-corrected chi connectivity index (χ3v) is 6.50. The van der Waals surface area contributed by atoms with Gasteiger partial charge in [-0.15, -0.1) is 0 Å². The largest absolute Gasteiger partial charge is 0.494 e. The zero-order valence-electron chi connectivity index (χ0n) is 18.4. The quantitative estimate of drug-likeness (QED) is 0.239. The van der Waals surface area contributed by atoms with Crippen LogP contribution in [0.15, 0.2) is 46.5 Å². The van der Waals surface area contributed by atoms with Crippen molar-refractivity contribution < 1.29 is 9.53 Å². The number of H-pyrrole nitrogens is 1. The van der Waals surface area contributed by atoms with Gasteiger partial charge in [0.25, 0.3) is 5.56 Å². The SMILES string of the molecule is N#CCCNC(=O)CCCSc1nc2cc[nH]c2c(=O)n1-c1ccc(OCCC2CC2)cc1. The molecular weight excluding hydrogens is 438 g/mol. The molecule has 0 saturated heterocycles. The van der Waals surface area contributed by atoms with E-state index in [9.17, 15) is 9.59 Å². The molecule has 33 heavy (non-hydrogen) atoms. The normalized spacial score (nSPS) is 13.1. The number of rotatable bonds is 12. The number of carbonyl (C=O) groups excluding carboxylic acids is 1. The van der Waals surface area contributed by atoms with E-state index in [1.165, 1.54) is 24.6 Å². The number of benzene rings is 1. The summed E-state index contributed by atoms with van der Waals surface area (Å²) in [6.45, 7) is 1.08. The maximum atomic E-state index is 13.2. The highest BCUT2D eigenvalue weighted by Gasteiger charge is 2.20. The van der Waals surface area contributed by atoms with Crippen molar-refractivity contribution in [2.75, 3.05) is 18.9 Å². The van der Waals surface area contributed by atoms with Gasteiger partial charge in [-0.2, -0.15) is 5.26 Å². The van der Waals surface area contributed by atoms with Gasteiger partial charge in [0, 0.05) is 24.9 Å². The number of aromatic nitrogens is 3. The van der Waals surface area contributed by atoms with Crippen LogP contribution >= 0.6 is 11.8 Å². The van der Waals surface area contributed by atoms with E-state index in [1.54, 1.807) is 16.8 Å². The molecule has 0 aliphatic heterocycles. The Balaban J connectivity index is 1.44. The first-order valence-corrected chi connectivity index (χ1v) is 12.2. The van der Waals surface area contributed by atoms with E-state index in [2.05, 4.69) is 15.3 Å². The maximum absolute atomic E-state index is 13.2. The zero-order valence-corrected chi connectivity index (χ0v) is 19.2. The number of amides is 1. The van der Waals surface area contributed by atoms with Crippen LogP contribution in [0, 0.1) is 17.2 Å². The first kappa shape index (κ1) is 22.9. The Hall–Kier alpha value is -3.25. The van der Waals surface area contributed by atoms with Gasteiger partial charge in [0.05, 0.1) is 30.3 Å². The van der Waals surface area contributed by atoms with Gasteiger partial charge in [-0.25, -0.2) is 4.98 Å². The van der Waals surface area contributed by atoms with Crippen molar-refractivity contribution in [3.05, 3.63) is 46.9 Å². The number of nitriles is 1. The molecule has 0 atom stereocenters. The highest BCUT2D eigenvalue weighted by atomic mass is 32.2. The van der Waals surface area contributed by atoms with E-state index in [0.29, 0.717) is 54.4 Å². The van der Waals surface area contributed by atoms with Gasteiger partial charge in [0.2, 0.25) is 5.91 Å². The highest BCUT2D eigenvalue weighted by Crippen LogP contribution is 2.32. The van der Waals surface area contributed by atoms with Crippen LogP contribution in [-0.2, 0) is 4.79 Å². The molecule has 2 aromatic heterocycles. The lowest BCUT2D eigenvalue weighted by atomic mass is 10.3. The fraction of sp³-hybridized carbons (Fsp3) is 0.417. The summed E-state index contributed by atoms with van der Waals surface area (Å²) in [5.74, 6) is 2.17. The molecule has 172 valence electrons. The third kappa shape index (κ3) is 6.17. The molecule has 1 aliphatic rings. The second-order valence-corrected chi connectivity index (χ2v) is 9.12. The first-order valence-electron chi connectivity index (χ1n) is 11.3. The number of nitrogens with zero attached hydrogens (tertiary/aromatic N) is 3. The van der Waals surface area contributed by atoms with E-state index in [4.69, 9.17) is 10.00 Å². The number of fused-ring (bicyclic) bond motifs is 1. The Morgan fingerprint density at radius 1 is 1.30 bits per heavy atom. The van der Waals surface area contributed by atoms with E-state index < -0.39 is 0 Å². The molecule has 1 aliphatic carbocycles. The van der Waals surface area contributed by atoms with Gasteiger partial charge in [-0.3, -0.25) is 14.2 Å². The van der Waals surface area contributed by atoms with Gasteiger partial charge in [0.1, 0.15) is 11.3 Å². The molecule has 3 aromatic rings. The second-order valence-electron chi connectivity index (χ2n) is 8.06. The first-order chi connectivity index (χ1) is 16.2. The number of ether oxygens (including phenoxy) is 1. The van der Waals surface area contributed by atoms with Crippen molar-refractivity contribution in [2.24, 2.45) is 5.92 Å². The molecule has 8 nitrogen and oxygen atoms in total. The maximum Gasteiger partial charge on any atom is 0.283 e. The third-order valence-electron chi connectivity index (χ3n) is 5.47. The highest BCUT2D eigenvalue weighted by molar-refractivity contribution is 7.99. The number of carbonyl (C=O) groups is 1. The molecule has 0 radical (unpaired) electrons. The summed E-state index contributed by atoms with van der Waals surface area (Å²) in [4.78, 5) is 32.7. The number of hydrogen-bond donors (Lipinski definition) is 2. The van der Waals surface area contributed by atoms with Crippen LogP contribution in [0.5, 0.6) is 5.75 Å². The molecule has 1 aromatic carbocycles. The Bertz CT molecular complexity index is 1190. The monoisotopic (exact) mass is 465 g/mol. The second kappa shape index (κ2) is 11.1. The summed E-state index contributed by atoms with van der Waals surface area (Å²) < 4.78 is 7.43. The van der Waals surface area contributed by atoms with Crippen molar-refractivity contribution in [3.8, 4) is 17.5 Å². The summed E-state index contributed by atoms with van der Waals surface area (Å²) in [6, 6.07) is 11.3. The molecule has 0 unspecified atom stereocenters. The van der Waals surface area contributed by atoms with Crippen molar-refractivity contribution in [1.29, 1.82) is 5.26 Å². The van der Waals surface area contributed by atoms with Crippen LogP contribution in [0.25, 0.3) is 16.7 Å². The lowest BCUT2D eigenvalue weighted by molar-refractivity contribution is -0.121. The van der Waals surface area contributed by atoms with Crippen molar-refractivity contribution in [3.63, 3.8) is 0 Å². The molecule has 9 heteroatoms. The smallest absolute Gasteiger partial charge is 0.283 e. The van der Waals surface area contributed by atoms with Crippen LogP contribution in [0.2, 0.25) is 0 Å². The molecule has 2 heterocycles. The predicted molar refractivity (Wildman–Crippen MR) is 128 cm³/mol. The summed E-state index contributed by atoms with van der Waals surface area (Å²) in [7, 11) is 0. The molecule has 0 spiro atoms. The lowest BCUT2D eigenvalue weighted by Gasteiger charge is -2.13. The van der Waals surface area contributed by atoms with Crippen LogP contribution in [0.1, 0.15) is 38.5 Å². The molecular formula is C24H27N5O3S. The van der Waals surface area contributed by atoms with Crippen molar-refractivity contribution >= 4 is 28.7 Å². The number of thioether (sulfide) groups is 1.